The van der Waals surface area contributed by atoms with Gasteiger partial charge < -0.3 is 4.90 Å². The van der Waals surface area contributed by atoms with Gasteiger partial charge in [0.05, 0.1) is 0 Å². The second-order valence-corrected chi connectivity index (χ2v) is 4.35. The summed E-state index contributed by atoms with van der Waals surface area (Å²) in [6, 6.07) is 5.71. The van der Waals surface area contributed by atoms with Crippen LogP contribution in [0, 0.1) is 6.42 Å². The average molecular weight is 229 g/mol. The van der Waals surface area contributed by atoms with Crippen LogP contribution in [0.4, 0.5) is 5.69 Å². The molecule has 0 spiro atoms. The van der Waals surface area contributed by atoms with Gasteiger partial charge in [0.2, 0.25) is 0 Å². The average Bonchev–Trinajstić information content (AvgIpc) is 2.18. The number of rotatable bonds is 1. The van der Waals surface area contributed by atoms with Gasteiger partial charge in [-0.3, -0.25) is 0 Å². The van der Waals surface area contributed by atoms with Crippen LogP contribution < -0.4 is 4.90 Å². The number of anilines is 1. The predicted octanol–water partition coefficient (Wildman–Crippen LogP) is 3.80. The molecule has 2 rings (SSSR count). The first-order valence-electron chi connectivity index (χ1n) is 4.78. The fraction of sp³-hybridized carbons (Fsp3) is 0.364. The van der Waals surface area contributed by atoms with Crippen LogP contribution in [-0.2, 0) is 0 Å². The summed E-state index contributed by atoms with van der Waals surface area (Å²) in [4.78, 5) is 2.32. The zero-order valence-electron chi connectivity index (χ0n) is 7.84. The molecule has 0 atom stereocenters. The fourth-order valence-corrected chi connectivity index (χ4v) is 2.24. The maximum Gasteiger partial charge on any atom is 0.0441 e. The summed E-state index contributed by atoms with van der Waals surface area (Å²) in [6.07, 6.45) is 4.61. The van der Waals surface area contributed by atoms with Crippen molar-refractivity contribution in [2.24, 2.45) is 0 Å². The highest BCUT2D eigenvalue weighted by Crippen LogP contribution is 2.27. The number of piperidine rings is 1. The van der Waals surface area contributed by atoms with Gasteiger partial charge in [0.1, 0.15) is 0 Å². The normalized spacial score (nSPS) is 17.1. The van der Waals surface area contributed by atoms with Crippen molar-refractivity contribution in [1.82, 2.24) is 0 Å². The van der Waals surface area contributed by atoms with Crippen LogP contribution in [0.5, 0.6) is 0 Å². The van der Waals surface area contributed by atoms with Crippen molar-refractivity contribution < 1.29 is 0 Å². The standard InChI is InChI=1S/C11H12Cl2N/c12-9-6-10(13)8-11(7-9)14-4-2-1-3-5-14/h1,6-8H,2-5H2. The lowest BCUT2D eigenvalue weighted by Crippen LogP contribution is -2.29. The van der Waals surface area contributed by atoms with Crippen molar-refractivity contribution in [2.45, 2.75) is 12.8 Å². The summed E-state index contributed by atoms with van der Waals surface area (Å²) < 4.78 is 0. The minimum absolute atomic E-state index is 0.710. The third-order valence-electron chi connectivity index (χ3n) is 2.42. The molecule has 0 aromatic heterocycles. The van der Waals surface area contributed by atoms with Crippen molar-refractivity contribution in [3.63, 3.8) is 0 Å². The SMILES string of the molecule is Clc1cc(Cl)cc(N2CC[CH]CC2)c1. The molecule has 75 valence electrons. The van der Waals surface area contributed by atoms with E-state index in [0.29, 0.717) is 10.0 Å². The highest BCUT2D eigenvalue weighted by atomic mass is 35.5. The van der Waals surface area contributed by atoms with Gasteiger partial charge >= 0.3 is 0 Å². The molecule has 1 heterocycles. The number of hydrogen-bond acceptors (Lipinski definition) is 1. The van der Waals surface area contributed by atoms with Crippen LogP contribution >= 0.6 is 23.2 Å². The minimum Gasteiger partial charge on any atom is -0.371 e. The number of benzene rings is 1. The van der Waals surface area contributed by atoms with Crippen LogP contribution in [0.15, 0.2) is 18.2 Å². The van der Waals surface area contributed by atoms with E-state index in [1.54, 1.807) is 6.07 Å². The number of halogens is 2. The van der Waals surface area contributed by atoms with E-state index in [1.807, 2.05) is 12.1 Å². The predicted molar refractivity (Wildman–Crippen MR) is 62.2 cm³/mol. The van der Waals surface area contributed by atoms with E-state index in [1.165, 1.54) is 0 Å². The lowest BCUT2D eigenvalue weighted by atomic mass is 10.1. The molecule has 1 aliphatic rings. The van der Waals surface area contributed by atoms with Crippen LogP contribution in [0.1, 0.15) is 12.8 Å². The van der Waals surface area contributed by atoms with E-state index in [0.717, 1.165) is 31.6 Å². The second kappa shape index (κ2) is 4.41. The van der Waals surface area contributed by atoms with E-state index in [4.69, 9.17) is 23.2 Å². The molecule has 3 heteroatoms. The third kappa shape index (κ3) is 2.34. The lowest BCUT2D eigenvalue weighted by molar-refractivity contribution is 0.679. The van der Waals surface area contributed by atoms with Crippen LogP contribution in [-0.4, -0.2) is 13.1 Å². The van der Waals surface area contributed by atoms with Gasteiger partial charge in [-0.15, -0.1) is 0 Å². The van der Waals surface area contributed by atoms with Crippen LogP contribution in [0.3, 0.4) is 0 Å². The summed E-state index contributed by atoms with van der Waals surface area (Å²) >= 11 is 11.9. The molecule has 0 bridgehead atoms. The van der Waals surface area contributed by atoms with Gasteiger partial charge in [-0.2, -0.15) is 0 Å². The highest BCUT2D eigenvalue weighted by Gasteiger charge is 2.11. The Bertz CT molecular complexity index is 299. The van der Waals surface area contributed by atoms with Gasteiger partial charge in [0, 0.05) is 28.8 Å². The Labute approximate surface area is 94.6 Å². The first kappa shape index (κ1) is 10.1. The summed E-state index contributed by atoms with van der Waals surface area (Å²) in [7, 11) is 0. The van der Waals surface area contributed by atoms with Crippen molar-refractivity contribution in [3.05, 3.63) is 34.7 Å². The van der Waals surface area contributed by atoms with Gasteiger partial charge in [-0.05, 0) is 37.5 Å². The third-order valence-corrected chi connectivity index (χ3v) is 2.86. The first-order chi connectivity index (χ1) is 6.75. The topological polar surface area (TPSA) is 3.24 Å². The first-order valence-corrected chi connectivity index (χ1v) is 5.54. The molecule has 1 radical (unpaired) electrons. The maximum absolute atomic E-state index is 5.95. The van der Waals surface area contributed by atoms with Crippen molar-refractivity contribution in [2.75, 3.05) is 18.0 Å². The maximum atomic E-state index is 5.95. The monoisotopic (exact) mass is 228 g/mol. The number of nitrogens with zero attached hydrogens (tertiary/aromatic N) is 1. The number of hydrogen-bond donors (Lipinski definition) is 0. The zero-order valence-corrected chi connectivity index (χ0v) is 9.35. The molecular weight excluding hydrogens is 217 g/mol. The highest BCUT2D eigenvalue weighted by molar-refractivity contribution is 6.35. The van der Waals surface area contributed by atoms with Crippen LogP contribution in [0.2, 0.25) is 10.0 Å². The van der Waals surface area contributed by atoms with Crippen molar-refractivity contribution in [3.8, 4) is 0 Å². The smallest absolute Gasteiger partial charge is 0.0441 e. The molecule has 1 saturated heterocycles. The van der Waals surface area contributed by atoms with Crippen LogP contribution in [0.25, 0.3) is 0 Å². The summed E-state index contributed by atoms with van der Waals surface area (Å²) in [5, 5.41) is 1.42. The van der Waals surface area contributed by atoms with E-state index in [-0.39, 0.29) is 0 Å². The van der Waals surface area contributed by atoms with E-state index in [2.05, 4.69) is 11.3 Å². The Morgan fingerprint density at radius 1 is 0.929 bits per heavy atom. The molecule has 1 fully saturated rings. The molecule has 14 heavy (non-hydrogen) atoms. The quantitative estimate of drug-likeness (QED) is 0.707. The Morgan fingerprint density at radius 3 is 2.07 bits per heavy atom. The molecule has 0 saturated carbocycles. The second-order valence-electron chi connectivity index (χ2n) is 3.48. The molecule has 0 N–H and O–H groups in total. The largest absolute Gasteiger partial charge is 0.371 e. The molecule has 1 aromatic carbocycles. The van der Waals surface area contributed by atoms with Gasteiger partial charge in [-0.25, -0.2) is 0 Å². The Kier molecular flexibility index (Phi) is 3.19. The molecular formula is C11H12Cl2N. The summed E-state index contributed by atoms with van der Waals surface area (Å²) in [5.74, 6) is 0. The van der Waals surface area contributed by atoms with E-state index in [9.17, 15) is 0 Å². The molecule has 0 unspecified atom stereocenters. The van der Waals surface area contributed by atoms with Gasteiger partial charge in [0.15, 0.2) is 0 Å². The molecule has 1 nitrogen and oxygen atoms in total. The molecule has 1 aromatic rings. The summed E-state index contributed by atoms with van der Waals surface area (Å²) in [5.41, 5.74) is 1.13. The van der Waals surface area contributed by atoms with Crippen molar-refractivity contribution in [1.29, 1.82) is 0 Å². The molecule has 0 amide bonds. The lowest BCUT2D eigenvalue weighted by Gasteiger charge is -2.28. The minimum atomic E-state index is 0.710. The Hall–Kier alpha value is -0.400. The van der Waals surface area contributed by atoms with E-state index >= 15 is 0 Å². The molecule has 1 aliphatic heterocycles. The van der Waals surface area contributed by atoms with Crippen molar-refractivity contribution >= 4 is 28.9 Å². The van der Waals surface area contributed by atoms with Gasteiger partial charge in [-0.1, -0.05) is 23.2 Å². The Balaban J connectivity index is 2.21. The zero-order chi connectivity index (χ0) is 9.97. The van der Waals surface area contributed by atoms with E-state index < -0.39 is 0 Å². The summed E-state index contributed by atoms with van der Waals surface area (Å²) in [6.45, 7) is 2.13. The fourth-order valence-electron chi connectivity index (χ4n) is 1.73. The van der Waals surface area contributed by atoms with Gasteiger partial charge in [0.25, 0.3) is 0 Å². The Morgan fingerprint density at radius 2 is 1.50 bits per heavy atom. The molecule has 0 aliphatic carbocycles.